The number of benzene rings is 3. The predicted octanol–water partition coefficient (Wildman–Crippen LogP) is 4.96. The third-order valence-electron chi connectivity index (χ3n) is 5.76. The van der Waals surface area contributed by atoms with Crippen molar-refractivity contribution in [1.29, 1.82) is 0 Å². The molecule has 1 amide bonds. The second-order valence-electron chi connectivity index (χ2n) is 8.14. The number of hydrazone groups is 1. The van der Waals surface area contributed by atoms with Crippen LogP contribution in [0.15, 0.2) is 90.3 Å². The lowest BCUT2D eigenvalue weighted by molar-refractivity contribution is -0.141. The number of amides is 1. The number of aliphatic carboxylic acids is 1. The van der Waals surface area contributed by atoms with Gasteiger partial charge in [0.2, 0.25) is 5.91 Å². The Hall–Kier alpha value is -4.59. The normalized spacial score (nSPS) is 15.1. The molecule has 2 heterocycles. The van der Waals surface area contributed by atoms with Gasteiger partial charge in [0.25, 0.3) is 0 Å². The average Bonchev–Trinajstić information content (AvgIpc) is 3.34. The molecule has 0 fully saturated rings. The molecule has 1 unspecified atom stereocenters. The standard InChI is InChI=1S/C27H22N4O4/c32-26(12-13-27(33)34)31-25(19-8-11-22-24(16-19)29-15-14-28-22)17-23(30-31)18-6-9-21(10-7-18)35-20-4-2-1-3-5-20/h1-11,14-16,25H,12-13,17H2,(H,33,34). The van der Waals surface area contributed by atoms with Gasteiger partial charge in [-0.3, -0.25) is 19.6 Å². The number of carbonyl (C=O) groups excluding carboxylic acids is 1. The monoisotopic (exact) mass is 466 g/mol. The van der Waals surface area contributed by atoms with E-state index in [4.69, 9.17) is 9.84 Å². The number of carbonyl (C=O) groups is 2. The lowest BCUT2D eigenvalue weighted by atomic mass is 9.97. The van der Waals surface area contributed by atoms with Crippen molar-refractivity contribution in [2.45, 2.75) is 25.3 Å². The van der Waals surface area contributed by atoms with Crippen molar-refractivity contribution < 1.29 is 19.4 Å². The van der Waals surface area contributed by atoms with E-state index in [-0.39, 0.29) is 24.8 Å². The molecule has 1 aliphatic rings. The minimum absolute atomic E-state index is 0.125. The zero-order valence-electron chi connectivity index (χ0n) is 18.7. The van der Waals surface area contributed by atoms with Crippen molar-refractivity contribution in [3.8, 4) is 11.5 Å². The Kier molecular flexibility index (Phi) is 6.17. The van der Waals surface area contributed by atoms with Crippen LogP contribution in [0.25, 0.3) is 11.0 Å². The largest absolute Gasteiger partial charge is 0.481 e. The number of fused-ring (bicyclic) bond motifs is 1. The number of carboxylic acid groups (broad SMARTS) is 1. The van der Waals surface area contributed by atoms with Crippen LogP contribution in [-0.2, 0) is 9.59 Å². The molecular formula is C27H22N4O4. The molecular weight excluding hydrogens is 444 g/mol. The molecule has 8 nitrogen and oxygen atoms in total. The van der Waals surface area contributed by atoms with Crippen LogP contribution in [0.4, 0.5) is 0 Å². The van der Waals surface area contributed by atoms with Crippen molar-refractivity contribution in [3.05, 3.63) is 96.3 Å². The van der Waals surface area contributed by atoms with E-state index in [2.05, 4.69) is 15.1 Å². The van der Waals surface area contributed by atoms with Crippen LogP contribution in [0.3, 0.4) is 0 Å². The van der Waals surface area contributed by atoms with Crippen LogP contribution in [0.2, 0.25) is 0 Å². The molecule has 8 heteroatoms. The fraction of sp³-hybridized carbons (Fsp3) is 0.148. The van der Waals surface area contributed by atoms with Crippen LogP contribution in [0.1, 0.15) is 36.4 Å². The molecule has 1 N–H and O–H groups in total. The highest BCUT2D eigenvalue weighted by Crippen LogP contribution is 2.35. The summed E-state index contributed by atoms with van der Waals surface area (Å²) in [4.78, 5) is 32.6. The first-order chi connectivity index (χ1) is 17.1. The molecule has 0 saturated heterocycles. The van der Waals surface area contributed by atoms with Crippen LogP contribution in [0, 0.1) is 0 Å². The van der Waals surface area contributed by atoms with Crippen molar-refractivity contribution in [1.82, 2.24) is 15.0 Å². The number of rotatable bonds is 7. The van der Waals surface area contributed by atoms with Crippen LogP contribution < -0.4 is 4.74 Å². The second kappa shape index (κ2) is 9.72. The fourth-order valence-corrected chi connectivity index (χ4v) is 4.03. The first-order valence-corrected chi connectivity index (χ1v) is 11.2. The van der Waals surface area contributed by atoms with Gasteiger partial charge in [-0.1, -0.05) is 24.3 Å². The molecule has 0 spiro atoms. The number of nitrogens with zero attached hydrogens (tertiary/aromatic N) is 4. The Balaban J connectivity index is 1.41. The molecule has 35 heavy (non-hydrogen) atoms. The Morgan fingerprint density at radius 2 is 1.60 bits per heavy atom. The maximum absolute atomic E-state index is 12.9. The number of para-hydroxylation sites is 1. The number of hydrogen-bond donors (Lipinski definition) is 1. The van der Waals surface area contributed by atoms with E-state index in [0.717, 1.165) is 33.6 Å². The van der Waals surface area contributed by atoms with Crippen molar-refractivity contribution in [2.24, 2.45) is 5.10 Å². The summed E-state index contributed by atoms with van der Waals surface area (Å²) < 4.78 is 5.87. The number of hydrogen-bond acceptors (Lipinski definition) is 6. The average molecular weight is 466 g/mol. The van der Waals surface area contributed by atoms with Gasteiger partial charge in [0, 0.05) is 25.2 Å². The zero-order valence-corrected chi connectivity index (χ0v) is 18.7. The molecule has 0 saturated carbocycles. The molecule has 1 aliphatic heterocycles. The van der Waals surface area contributed by atoms with Crippen LogP contribution in [0.5, 0.6) is 11.5 Å². The highest BCUT2D eigenvalue weighted by atomic mass is 16.5. The van der Waals surface area contributed by atoms with Gasteiger partial charge in [-0.2, -0.15) is 5.10 Å². The van der Waals surface area contributed by atoms with Crippen LogP contribution in [-0.4, -0.2) is 37.7 Å². The smallest absolute Gasteiger partial charge is 0.303 e. The molecule has 0 aliphatic carbocycles. The summed E-state index contributed by atoms with van der Waals surface area (Å²) in [6.07, 6.45) is 3.37. The molecule has 1 atom stereocenters. The summed E-state index contributed by atoms with van der Waals surface area (Å²) in [5.74, 6) is 0.0784. The van der Waals surface area contributed by atoms with Crippen molar-refractivity contribution >= 4 is 28.6 Å². The fourth-order valence-electron chi connectivity index (χ4n) is 4.03. The topological polar surface area (TPSA) is 105 Å². The molecule has 4 aromatic rings. The van der Waals surface area contributed by atoms with Crippen LogP contribution >= 0.6 is 0 Å². The predicted molar refractivity (Wildman–Crippen MR) is 130 cm³/mol. The molecule has 5 rings (SSSR count). The van der Waals surface area contributed by atoms with Gasteiger partial charge in [-0.15, -0.1) is 0 Å². The van der Waals surface area contributed by atoms with Gasteiger partial charge in [0.1, 0.15) is 11.5 Å². The zero-order chi connectivity index (χ0) is 24.2. The lowest BCUT2D eigenvalue weighted by Gasteiger charge is -2.22. The van der Waals surface area contributed by atoms with Crippen molar-refractivity contribution in [2.75, 3.05) is 0 Å². The van der Waals surface area contributed by atoms with E-state index in [1.165, 1.54) is 5.01 Å². The number of aromatic nitrogens is 2. The minimum atomic E-state index is -1.02. The summed E-state index contributed by atoms with van der Waals surface area (Å²) >= 11 is 0. The van der Waals surface area contributed by atoms with Crippen molar-refractivity contribution in [3.63, 3.8) is 0 Å². The van der Waals surface area contributed by atoms with E-state index in [0.29, 0.717) is 12.2 Å². The van der Waals surface area contributed by atoms with E-state index in [9.17, 15) is 9.59 Å². The first-order valence-electron chi connectivity index (χ1n) is 11.2. The lowest BCUT2D eigenvalue weighted by Crippen LogP contribution is -2.27. The maximum Gasteiger partial charge on any atom is 0.303 e. The van der Waals surface area contributed by atoms with Gasteiger partial charge in [0.05, 0.1) is 29.2 Å². The molecule has 174 valence electrons. The Morgan fingerprint density at radius 1 is 0.886 bits per heavy atom. The third-order valence-corrected chi connectivity index (χ3v) is 5.76. The van der Waals surface area contributed by atoms with Gasteiger partial charge in [0.15, 0.2) is 0 Å². The van der Waals surface area contributed by atoms with Gasteiger partial charge in [-0.05, 0) is 59.7 Å². The van der Waals surface area contributed by atoms with Gasteiger partial charge >= 0.3 is 5.97 Å². The Bertz CT molecular complexity index is 1400. The summed E-state index contributed by atoms with van der Waals surface area (Å²) in [6, 6.07) is 22.4. The summed E-state index contributed by atoms with van der Waals surface area (Å²) in [5.41, 5.74) is 3.95. The minimum Gasteiger partial charge on any atom is -0.481 e. The third kappa shape index (κ3) is 5.01. The van der Waals surface area contributed by atoms with E-state index >= 15 is 0 Å². The summed E-state index contributed by atoms with van der Waals surface area (Å²) in [6.45, 7) is 0. The summed E-state index contributed by atoms with van der Waals surface area (Å²) in [5, 5.41) is 15.1. The SMILES string of the molecule is O=C(O)CCC(=O)N1N=C(c2ccc(Oc3ccccc3)cc2)CC1c1ccc2nccnc2c1. The highest BCUT2D eigenvalue weighted by molar-refractivity contribution is 6.03. The quantitative estimate of drug-likeness (QED) is 0.413. The molecule has 0 radical (unpaired) electrons. The van der Waals surface area contributed by atoms with Gasteiger partial charge in [-0.25, -0.2) is 5.01 Å². The molecule has 0 bridgehead atoms. The first kappa shape index (κ1) is 22.2. The Labute approximate surface area is 201 Å². The maximum atomic E-state index is 12.9. The van der Waals surface area contributed by atoms with E-state index in [1.807, 2.05) is 72.8 Å². The summed E-state index contributed by atoms with van der Waals surface area (Å²) in [7, 11) is 0. The van der Waals surface area contributed by atoms with E-state index in [1.54, 1.807) is 12.4 Å². The Morgan fingerprint density at radius 3 is 2.34 bits per heavy atom. The number of ether oxygens (including phenoxy) is 1. The van der Waals surface area contributed by atoms with Gasteiger partial charge < -0.3 is 9.84 Å². The number of carboxylic acids is 1. The second-order valence-corrected chi connectivity index (χ2v) is 8.14. The van der Waals surface area contributed by atoms with E-state index < -0.39 is 5.97 Å². The highest BCUT2D eigenvalue weighted by Gasteiger charge is 2.33. The molecule has 1 aromatic heterocycles. The molecule has 3 aromatic carbocycles.